The number of para-hydroxylation sites is 2. The van der Waals surface area contributed by atoms with E-state index in [1.807, 2.05) is 44.4 Å². The summed E-state index contributed by atoms with van der Waals surface area (Å²) < 4.78 is 0. The van der Waals surface area contributed by atoms with Crippen molar-refractivity contribution in [2.75, 3.05) is 19.0 Å². The molecule has 0 amide bonds. The third-order valence-electron chi connectivity index (χ3n) is 3.77. The summed E-state index contributed by atoms with van der Waals surface area (Å²) in [5, 5.41) is 0.914. The van der Waals surface area contributed by atoms with Crippen LogP contribution in [0.3, 0.4) is 0 Å². The first-order valence-corrected chi connectivity index (χ1v) is 8.49. The molecule has 2 heterocycles. The van der Waals surface area contributed by atoms with Crippen molar-refractivity contribution in [1.82, 2.24) is 15.0 Å². The van der Waals surface area contributed by atoms with E-state index in [1.54, 1.807) is 11.3 Å². The molecule has 2 aromatic heterocycles. The zero-order valence-electron chi connectivity index (χ0n) is 13.5. The van der Waals surface area contributed by atoms with Crippen molar-refractivity contribution in [3.05, 3.63) is 59.1 Å². The molecule has 0 aliphatic rings. The van der Waals surface area contributed by atoms with Crippen LogP contribution in [0.2, 0.25) is 0 Å². The summed E-state index contributed by atoms with van der Waals surface area (Å²) in [6.07, 6.45) is 4.08. The molecule has 5 heteroatoms. The number of rotatable bonds is 3. The highest BCUT2D eigenvalue weighted by molar-refractivity contribution is 7.18. The quantitative estimate of drug-likeness (QED) is 0.555. The first-order chi connectivity index (χ1) is 11.7. The fourth-order valence-electron chi connectivity index (χ4n) is 2.46. The topological polar surface area (TPSA) is 41.9 Å². The highest BCUT2D eigenvalue weighted by atomic mass is 32.1. The zero-order chi connectivity index (χ0) is 16.5. The maximum Gasteiger partial charge on any atom is 0.190 e. The molecular weight excluding hydrogens is 316 g/mol. The number of aromatic nitrogens is 3. The number of nitrogens with zero attached hydrogens (tertiary/aromatic N) is 4. The molecule has 0 aliphatic carbocycles. The number of hydrogen-bond donors (Lipinski definition) is 0. The Balaban J connectivity index is 1.65. The molecule has 0 spiro atoms. The lowest BCUT2D eigenvalue weighted by molar-refractivity contribution is 1.13. The van der Waals surface area contributed by atoms with Gasteiger partial charge in [0.15, 0.2) is 10.5 Å². The van der Waals surface area contributed by atoms with Gasteiger partial charge in [-0.1, -0.05) is 41.7 Å². The Morgan fingerprint density at radius 1 is 0.833 bits per heavy atom. The second-order valence-corrected chi connectivity index (χ2v) is 6.72. The maximum atomic E-state index is 4.64. The van der Waals surface area contributed by atoms with Crippen LogP contribution in [-0.2, 0) is 0 Å². The highest BCUT2D eigenvalue weighted by Crippen LogP contribution is 2.23. The average molecular weight is 332 g/mol. The van der Waals surface area contributed by atoms with Crippen molar-refractivity contribution in [2.24, 2.45) is 0 Å². The van der Waals surface area contributed by atoms with Crippen LogP contribution in [0, 0.1) is 0 Å². The van der Waals surface area contributed by atoms with Crippen LogP contribution in [0.5, 0.6) is 0 Å². The summed E-state index contributed by atoms with van der Waals surface area (Å²) in [5.41, 5.74) is 4.83. The molecule has 4 aromatic rings. The predicted octanol–water partition coefficient (Wildman–Crippen LogP) is 4.48. The number of hydrogen-bond acceptors (Lipinski definition) is 5. The minimum Gasteiger partial charge on any atom is -0.378 e. The summed E-state index contributed by atoms with van der Waals surface area (Å²) in [4.78, 5) is 16.8. The second kappa shape index (κ2) is 6.02. The van der Waals surface area contributed by atoms with Crippen molar-refractivity contribution >= 4 is 50.7 Å². The molecule has 118 valence electrons. The van der Waals surface area contributed by atoms with Gasteiger partial charge in [0.2, 0.25) is 0 Å². The van der Waals surface area contributed by atoms with Gasteiger partial charge in [-0.25, -0.2) is 15.0 Å². The Labute approximate surface area is 144 Å². The van der Waals surface area contributed by atoms with E-state index in [9.17, 15) is 0 Å². The zero-order valence-corrected chi connectivity index (χ0v) is 14.3. The SMILES string of the molecule is CN(C)c1ccc(/C=C/c2nc3nc4ccccc4nc3s2)cc1. The fraction of sp³-hybridized carbons (Fsp3) is 0.105. The van der Waals surface area contributed by atoms with Crippen LogP contribution in [-0.4, -0.2) is 29.0 Å². The van der Waals surface area contributed by atoms with Gasteiger partial charge in [0.1, 0.15) is 5.01 Å². The predicted molar refractivity (Wildman–Crippen MR) is 102 cm³/mol. The summed E-state index contributed by atoms with van der Waals surface area (Å²) in [6.45, 7) is 0. The van der Waals surface area contributed by atoms with Crippen molar-refractivity contribution in [3.63, 3.8) is 0 Å². The molecule has 4 rings (SSSR count). The maximum absolute atomic E-state index is 4.64. The summed E-state index contributed by atoms with van der Waals surface area (Å²) in [5.74, 6) is 0. The van der Waals surface area contributed by atoms with Gasteiger partial charge in [0.25, 0.3) is 0 Å². The Bertz CT molecular complexity index is 980. The van der Waals surface area contributed by atoms with E-state index < -0.39 is 0 Å². The molecule has 0 saturated heterocycles. The molecule has 0 bridgehead atoms. The van der Waals surface area contributed by atoms with Crippen molar-refractivity contribution in [2.45, 2.75) is 0 Å². The lowest BCUT2D eigenvalue weighted by Crippen LogP contribution is -2.07. The van der Waals surface area contributed by atoms with Crippen LogP contribution >= 0.6 is 11.3 Å². The first kappa shape index (κ1) is 14.8. The van der Waals surface area contributed by atoms with Crippen molar-refractivity contribution in [3.8, 4) is 0 Å². The molecular formula is C19H16N4S. The Kier molecular flexibility index (Phi) is 3.70. The Morgan fingerprint density at radius 2 is 1.54 bits per heavy atom. The third-order valence-corrected chi connectivity index (χ3v) is 4.67. The van der Waals surface area contributed by atoms with Gasteiger partial charge in [-0.15, -0.1) is 0 Å². The van der Waals surface area contributed by atoms with E-state index in [0.29, 0.717) is 5.65 Å². The van der Waals surface area contributed by atoms with Crippen LogP contribution < -0.4 is 4.90 Å². The number of anilines is 1. The number of benzene rings is 2. The van der Waals surface area contributed by atoms with E-state index in [0.717, 1.165) is 26.4 Å². The smallest absolute Gasteiger partial charge is 0.190 e. The molecule has 0 fully saturated rings. The van der Waals surface area contributed by atoms with Crippen LogP contribution in [0.25, 0.3) is 33.7 Å². The van der Waals surface area contributed by atoms with E-state index in [-0.39, 0.29) is 0 Å². The molecule has 0 atom stereocenters. The third kappa shape index (κ3) is 2.86. The minimum absolute atomic E-state index is 0.710. The van der Waals surface area contributed by atoms with Gasteiger partial charge in [0, 0.05) is 19.8 Å². The monoisotopic (exact) mass is 332 g/mol. The molecule has 0 N–H and O–H groups in total. The minimum atomic E-state index is 0.710. The molecule has 24 heavy (non-hydrogen) atoms. The fourth-order valence-corrected chi connectivity index (χ4v) is 3.26. The van der Waals surface area contributed by atoms with Crippen LogP contribution in [0.1, 0.15) is 10.6 Å². The van der Waals surface area contributed by atoms with E-state index in [4.69, 9.17) is 0 Å². The molecule has 0 unspecified atom stereocenters. The van der Waals surface area contributed by atoms with Gasteiger partial charge < -0.3 is 4.90 Å². The number of fused-ring (bicyclic) bond motifs is 2. The summed E-state index contributed by atoms with van der Waals surface area (Å²) in [7, 11) is 4.08. The highest BCUT2D eigenvalue weighted by Gasteiger charge is 2.06. The molecule has 2 aromatic carbocycles. The standard InChI is InChI=1S/C19H16N4S/c1-23(2)14-10-7-13(8-11-14)9-12-17-22-18-19(24-17)21-16-6-4-3-5-15(16)20-18/h3-12H,1-2H3/b12-9+. The normalized spacial score (nSPS) is 11.6. The summed E-state index contributed by atoms with van der Waals surface area (Å²) in [6, 6.07) is 16.3. The molecule has 0 radical (unpaired) electrons. The largest absolute Gasteiger partial charge is 0.378 e. The Morgan fingerprint density at radius 3 is 2.25 bits per heavy atom. The van der Waals surface area contributed by atoms with E-state index in [2.05, 4.69) is 50.2 Å². The average Bonchev–Trinajstić information content (AvgIpc) is 3.00. The van der Waals surface area contributed by atoms with Gasteiger partial charge in [-0.2, -0.15) is 0 Å². The Hall–Kier alpha value is -2.79. The van der Waals surface area contributed by atoms with Crippen molar-refractivity contribution in [1.29, 1.82) is 0 Å². The second-order valence-electron chi connectivity index (χ2n) is 5.71. The number of thiazole rings is 1. The lowest BCUT2D eigenvalue weighted by atomic mass is 10.2. The first-order valence-electron chi connectivity index (χ1n) is 7.68. The van der Waals surface area contributed by atoms with Gasteiger partial charge in [0.05, 0.1) is 11.0 Å². The molecule has 0 aliphatic heterocycles. The van der Waals surface area contributed by atoms with Crippen molar-refractivity contribution < 1.29 is 0 Å². The summed E-state index contributed by atoms with van der Waals surface area (Å²) >= 11 is 1.56. The van der Waals surface area contributed by atoms with Crippen LogP contribution in [0.15, 0.2) is 48.5 Å². The van der Waals surface area contributed by atoms with Crippen LogP contribution in [0.4, 0.5) is 5.69 Å². The molecule has 0 saturated carbocycles. The van der Waals surface area contributed by atoms with E-state index >= 15 is 0 Å². The van der Waals surface area contributed by atoms with Gasteiger partial charge in [-0.3, -0.25) is 0 Å². The van der Waals surface area contributed by atoms with E-state index in [1.165, 1.54) is 5.69 Å². The van der Waals surface area contributed by atoms with Gasteiger partial charge >= 0.3 is 0 Å². The lowest BCUT2D eigenvalue weighted by Gasteiger charge is -2.11. The van der Waals surface area contributed by atoms with Gasteiger partial charge in [-0.05, 0) is 35.9 Å². The molecule has 4 nitrogen and oxygen atoms in total.